The predicted octanol–water partition coefficient (Wildman–Crippen LogP) is 3.78. The van der Waals surface area contributed by atoms with Crippen LogP contribution in [-0.2, 0) is 6.18 Å². The van der Waals surface area contributed by atoms with Crippen molar-refractivity contribution in [1.29, 1.82) is 0 Å². The number of halogens is 3. The minimum absolute atomic E-state index is 0.0329. The van der Waals surface area contributed by atoms with Crippen LogP contribution in [0.1, 0.15) is 11.3 Å². The van der Waals surface area contributed by atoms with Gasteiger partial charge in [0.1, 0.15) is 17.1 Å². The van der Waals surface area contributed by atoms with E-state index in [0.29, 0.717) is 11.4 Å². The number of ether oxygens (including phenoxy) is 1. The molecule has 2 N–H and O–H groups in total. The first-order valence-corrected chi connectivity index (χ1v) is 5.43. The molecule has 0 saturated carbocycles. The van der Waals surface area contributed by atoms with E-state index in [1.807, 2.05) is 0 Å². The summed E-state index contributed by atoms with van der Waals surface area (Å²) in [5.41, 5.74) is 5.16. The van der Waals surface area contributed by atoms with E-state index in [2.05, 4.69) is 4.98 Å². The molecule has 100 valence electrons. The molecule has 0 unspecified atom stereocenters. The molecule has 0 bridgehead atoms. The second kappa shape index (κ2) is 4.79. The van der Waals surface area contributed by atoms with Crippen molar-refractivity contribution in [2.45, 2.75) is 13.1 Å². The quantitative estimate of drug-likeness (QED) is 0.843. The SMILES string of the molecule is Cc1cc(Oc2ccc(N)cc2C(F)(F)F)ccn1. The predicted molar refractivity (Wildman–Crippen MR) is 64.9 cm³/mol. The molecule has 0 aliphatic heterocycles. The Morgan fingerprint density at radius 3 is 2.53 bits per heavy atom. The van der Waals surface area contributed by atoms with Crippen molar-refractivity contribution in [1.82, 2.24) is 4.98 Å². The van der Waals surface area contributed by atoms with Gasteiger partial charge >= 0.3 is 6.18 Å². The Balaban J connectivity index is 2.40. The summed E-state index contributed by atoms with van der Waals surface area (Å²) in [5, 5.41) is 0. The maximum atomic E-state index is 12.9. The molecule has 6 heteroatoms. The fraction of sp³-hybridized carbons (Fsp3) is 0.154. The lowest BCUT2D eigenvalue weighted by Gasteiger charge is -2.14. The minimum Gasteiger partial charge on any atom is -0.457 e. The molecule has 0 amide bonds. The summed E-state index contributed by atoms with van der Waals surface area (Å²) in [4.78, 5) is 3.94. The molecule has 0 fully saturated rings. The Bertz CT molecular complexity index is 597. The summed E-state index contributed by atoms with van der Waals surface area (Å²) in [6, 6.07) is 6.45. The third-order valence-electron chi connectivity index (χ3n) is 2.40. The molecule has 1 heterocycles. The van der Waals surface area contributed by atoms with Crippen molar-refractivity contribution in [2.24, 2.45) is 0 Å². The first-order chi connectivity index (χ1) is 8.86. The van der Waals surface area contributed by atoms with Gasteiger partial charge in [0.15, 0.2) is 0 Å². The van der Waals surface area contributed by atoms with Gasteiger partial charge in [-0.15, -0.1) is 0 Å². The second-order valence-corrected chi connectivity index (χ2v) is 3.99. The van der Waals surface area contributed by atoms with Crippen molar-refractivity contribution in [3.8, 4) is 11.5 Å². The van der Waals surface area contributed by atoms with Gasteiger partial charge in [-0.05, 0) is 31.2 Å². The summed E-state index contributed by atoms with van der Waals surface area (Å²) >= 11 is 0. The highest BCUT2D eigenvalue weighted by atomic mass is 19.4. The number of hydrogen-bond acceptors (Lipinski definition) is 3. The lowest BCUT2D eigenvalue weighted by molar-refractivity contribution is -0.138. The Labute approximate surface area is 107 Å². The number of hydrogen-bond donors (Lipinski definition) is 1. The van der Waals surface area contributed by atoms with Gasteiger partial charge < -0.3 is 10.5 Å². The van der Waals surface area contributed by atoms with Crippen molar-refractivity contribution in [3.63, 3.8) is 0 Å². The number of nitrogens with zero attached hydrogens (tertiary/aromatic N) is 1. The number of aromatic nitrogens is 1. The molecule has 0 spiro atoms. The van der Waals surface area contributed by atoms with Crippen molar-refractivity contribution in [2.75, 3.05) is 5.73 Å². The average molecular weight is 268 g/mol. The maximum Gasteiger partial charge on any atom is 0.420 e. The van der Waals surface area contributed by atoms with E-state index in [9.17, 15) is 13.2 Å². The van der Waals surface area contributed by atoms with Crippen LogP contribution in [0, 0.1) is 6.92 Å². The average Bonchev–Trinajstić information content (AvgIpc) is 2.30. The zero-order valence-corrected chi connectivity index (χ0v) is 10.0. The Morgan fingerprint density at radius 1 is 1.16 bits per heavy atom. The highest BCUT2D eigenvalue weighted by Gasteiger charge is 2.34. The third kappa shape index (κ3) is 3.15. The smallest absolute Gasteiger partial charge is 0.420 e. The van der Waals surface area contributed by atoms with Gasteiger partial charge in [-0.2, -0.15) is 13.2 Å². The van der Waals surface area contributed by atoms with Crippen LogP contribution in [0.4, 0.5) is 18.9 Å². The number of benzene rings is 1. The molecule has 0 aliphatic carbocycles. The van der Waals surface area contributed by atoms with Crippen LogP contribution in [0.15, 0.2) is 36.5 Å². The monoisotopic (exact) mass is 268 g/mol. The van der Waals surface area contributed by atoms with Crippen molar-refractivity contribution >= 4 is 5.69 Å². The lowest BCUT2D eigenvalue weighted by Crippen LogP contribution is -2.08. The number of rotatable bonds is 2. The van der Waals surface area contributed by atoms with E-state index in [1.54, 1.807) is 13.0 Å². The molecule has 2 aromatic rings. The van der Waals surface area contributed by atoms with E-state index >= 15 is 0 Å². The van der Waals surface area contributed by atoms with E-state index < -0.39 is 11.7 Å². The lowest BCUT2D eigenvalue weighted by atomic mass is 10.1. The summed E-state index contributed by atoms with van der Waals surface area (Å²) < 4.78 is 43.8. The maximum absolute atomic E-state index is 12.9. The van der Waals surface area contributed by atoms with Crippen molar-refractivity contribution in [3.05, 3.63) is 47.8 Å². The molecule has 1 aromatic carbocycles. The zero-order valence-electron chi connectivity index (χ0n) is 10.0. The third-order valence-corrected chi connectivity index (χ3v) is 2.40. The summed E-state index contributed by atoms with van der Waals surface area (Å²) in [6.07, 6.45) is -3.05. The highest BCUT2D eigenvalue weighted by Crippen LogP contribution is 2.39. The minimum atomic E-state index is -4.52. The Morgan fingerprint density at radius 2 is 1.89 bits per heavy atom. The molecule has 0 radical (unpaired) electrons. The Kier molecular flexibility index (Phi) is 3.33. The van der Waals surface area contributed by atoms with Crippen LogP contribution in [0.5, 0.6) is 11.5 Å². The number of pyridine rings is 1. The van der Waals surface area contributed by atoms with Gasteiger partial charge in [0.2, 0.25) is 0 Å². The normalized spacial score (nSPS) is 11.4. The largest absolute Gasteiger partial charge is 0.457 e. The number of nitrogen functional groups attached to an aromatic ring is 1. The molecular formula is C13H11F3N2O. The molecule has 1 aromatic heterocycles. The van der Waals surface area contributed by atoms with E-state index in [4.69, 9.17) is 10.5 Å². The topological polar surface area (TPSA) is 48.1 Å². The molecule has 19 heavy (non-hydrogen) atoms. The fourth-order valence-electron chi connectivity index (χ4n) is 1.57. The molecule has 0 aliphatic rings. The van der Waals surface area contributed by atoms with Gasteiger partial charge in [-0.3, -0.25) is 4.98 Å². The van der Waals surface area contributed by atoms with E-state index in [1.165, 1.54) is 24.4 Å². The zero-order chi connectivity index (χ0) is 14.0. The molecule has 2 rings (SSSR count). The van der Waals surface area contributed by atoms with Gasteiger partial charge in [-0.1, -0.05) is 0 Å². The van der Waals surface area contributed by atoms with Gasteiger partial charge in [0.05, 0.1) is 0 Å². The van der Waals surface area contributed by atoms with Crippen molar-refractivity contribution < 1.29 is 17.9 Å². The first-order valence-electron chi connectivity index (χ1n) is 5.43. The number of anilines is 1. The van der Waals surface area contributed by atoms with E-state index in [-0.39, 0.29) is 11.4 Å². The molecule has 0 saturated heterocycles. The summed E-state index contributed by atoms with van der Waals surface area (Å²) in [7, 11) is 0. The van der Waals surface area contributed by atoms with Gasteiger partial charge in [0.25, 0.3) is 0 Å². The van der Waals surface area contributed by atoms with Crippen LogP contribution >= 0.6 is 0 Å². The second-order valence-electron chi connectivity index (χ2n) is 3.99. The number of alkyl halides is 3. The molecule has 0 atom stereocenters. The summed E-state index contributed by atoms with van der Waals surface area (Å²) in [5.74, 6) is 0.00933. The number of nitrogens with two attached hydrogens (primary N) is 1. The van der Waals surface area contributed by atoms with Crippen LogP contribution < -0.4 is 10.5 Å². The van der Waals surface area contributed by atoms with Gasteiger partial charge in [-0.25, -0.2) is 0 Å². The van der Waals surface area contributed by atoms with Crippen LogP contribution in [0.3, 0.4) is 0 Å². The van der Waals surface area contributed by atoms with Crippen LogP contribution in [0.2, 0.25) is 0 Å². The first kappa shape index (κ1) is 13.2. The van der Waals surface area contributed by atoms with Gasteiger partial charge in [0, 0.05) is 23.6 Å². The highest BCUT2D eigenvalue weighted by molar-refractivity contribution is 5.50. The fourth-order valence-corrected chi connectivity index (χ4v) is 1.57. The summed E-state index contributed by atoms with van der Waals surface area (Å²) in [6.45, 7) is 1.72. The molecular weight excluding hydrogens is 257 g/mol. The molecule has 3 nitrogen and oxygen atoms in total. The Hall–Kier alpha value is -2.24. The van der Waals surface area contributed by atoms with E-state index in [0.717, 1.165) is 6.07 Å². The van der Waals surface area contributed by atoms with Crippen LogP contribution in [0.25, 0.3) is 0 Å². The van der Waals surface area contributed by atoms with Crippen LogP contribution in [-0.4, -0.2) is 4.98 Å². The number of aryl methyl sites for hydroxylation is 1. The standard InChI is InChI=1S/C13H11F3N2O/c1-8-6-10(4-5-18-8)19-12-3-2-9(17)7-11(12)13(14,15)16/h2-7H,17H2,1H3.